The largest absolute Gasteiger partial charge is 0.497 e. The average molecular weight is 154 g/mol. The molecule has 1 aromatic carbocycles. The highest BCUT2D eigenvalue weighted by molar-refractivity contribution is 7.46. The topological polar surface area (TPSA) is 9.23 Å². The van der Waals surface area contributed by atoms with Crippen molar-refractivity contribution >= 4 is 13.9 Å². The number of hydrogen-bond donors (Lipinski definition) is 0. The molecule has 2 heteroatoms. The second kappa shape index (κ2) is 3.58. The summed E-state index contributed by atoms with van der Waals surface area (Å²) in [6.07, 6.45) is 0. The minimum Gasteiger partial charge on any atom is -0.497 e. The smallest absolute Gasteiger partial charge is 0.118 e. The summed E-state index contributed by atoms with van der Waals surface area (Å²) >= 11 is 0. The lowest BCUT2D eigenvalue weighted by Crippen LogP contribution is -1.91. The van der Waals surface area contributed by atoms with Crippen molar-refractivity contribution in [1.82, 2.24) is 0 Å². The standard InChI is InChI=1S/C8H11OP/c1-9-7-3-5-8(10-2)6-4-7/h3-6,10H,1-2H3. The van der Waals surface area contributed by atoms with Crippen LogP contribution >= 0.6 is 8.58 Å². The van der Waals surface area contributed by atoms with Crippen molar-refractivity contribution in [3.63, 3.8) is 0 Å². The molecule has 0 N–H and O–H groups in total. The summed E-state index contributed by atoms with van der Waals surface area (Å²) in [6, 6.07) is 8.17. The SMILES string of the molecule is COc1ccc(PC)cc1. The summed E-state index contributed by atoms with van der Waals surface area (Å²) in [7, 11) is 2.56. The molecule has 0 amide bonds. The second-order valence-electron chi connectivity index (χ2n) is 1.98. The van der Waals surface area contributed by atoms with Crippen LogP contribution in [0, 0.1) is 0 Å². The number of benzene rings is 1. The summed E-state index contributed by atoms with van der Waals surface area (Å²) in [6.45, 7) is 2.17. The molecule has 1 atom stereocenters. The maximum Gasteiger partial charge on any atom is 0.118 e. The Morgan fingerprint density at radius 2 is 1.80 bits per heavy atom. The number of methoxy groups -OCH3 is 1. The normalized spacial score (nSPS) is 10.6. The van der Waals surface area contributed by atoms with E-state index in [1.54, 1.807) is 7.11 Å². The predicted molar refractivity (Wildman–Crippen MR) is 46.9 cm³/mol. The van der Waals surface area contributed by atoms with Gasteiger partial charge in [-0.3, -0.25) is 0 Å². The van der Waals surface area contributed by atoms with E-state index >= 15 is 0 Å². The first-order valence-electron chi connectivity index (χ1n) is 3.18. The molecule has 0 saturated carbocycles. The Bertz CT molecular complexity index is 170. The van der Waals surface area contributed by atoms with E-state index in [1.165, 1.54) is 5.30 Å². The molecular weight excluding hydrogens is 143 g/mol. The summed E-state index contributed by atoms with van der Waals surface area (Å²) in [5.74, 6) is 0.932. The highest BCUT2D eigenvalue weighted by atomic mass is 31.1. The van der Waals surface area contributed by atoms with Crippen LogP contribution in [0.5, 0.6) is 5.75 Å². The van der Waals surface area contributed by atoms with Gasteiger partial charge in [-0.15, -0.1) is 0 Å². The minimum absolute atomic E-state index is 0.872. The van der Waals surface area contributed by atoms with Gasteiger partial charge in [-0.05, 0) is 24.1 Å². The van der Waals surface area contributed by atoms with E-state index < -0.39 is 0 Å². The van der Waals surface area contributed by atoms with Crippen LogP contribution in [-0.2, 0) is 0 Å². The van der Waals surface area contributed by atoms with E-state index in [9.17, 15) is 0 Å². The third-order valence-corrected chi connectivity index (χ3v) is 2.29. The first-order chi connectivity index (χ1) is 4.86. The zero-order chi connectivity index (χ0) is 7.40. The first-order valence-corrected chi connectivity index (χ1v) is 4.68. The molecule has 1 aromatic rings. The van der Waals surface area contributed by atoms with Gasteiger partial charge in [0.2, 0.25) is 0 Å². The lowest BCUT2D eigenvalue weighted by molar-refractivity contribution is 0.415. The molecule has 0 fully saturated rings. The van der Waals surface area contributed by atoms with E-state index in [2.05, 4.69) is 18.8 Å². The molecule has 0 spiro atoms. The molecule has 0 saturated heterocycles. The molecule has 1 rings (SSSR count). The average Bonchev–Trinajstić information content (AvgIpc) is 2.05. The van der Waals surface area contributed by atoms with Crippen LogP contribution in [0.2, 0.25) is 0 Å². The molecule has 1 nitrogen and oxygen atoms in total. The van der Waals surface area contributed by atoms with Gasteiger partial charge in [-0.1, -0.05) is 20.7 Å². The first kappa shape index (κ1) is 7.56. The van der Waals surface area contributed by atoms with E-state index in [1.807, 2.05) is 12.1 Å². The number of rotatable bonds is 2. The highest BCUT2D eigenvalue weighted by Gasteiger charge is 1.89. The summed E-state index contributed by atoms with van der Waals surface area (Å²) < 4.78 is 5.02. The summed E-state index contributed by atoms with van der Waals surface area (Å²) in [4.78, 5) is 0. The fraction of sp³-hybridized carbons (Fsp3) is 0.250. The van der Waals surface area contributed by atoms with Crippen molar-refractivity contribution in [3.05, 3.63) is 24.3 Å². The van der Waals surface area contributed by atoms with Gasteiger partial charge in [-0.2, -0.15) is 0 Å². The highest BCUT2D eigenvalue weighted by Crippen LogP contribution is 2.10. The van der Waals surface area contributed by atoms with Crippen LogP contribution in [0.1, 0.15) is 0 Å². The fourth-order valence-electron chi connectivity index (χ4n) is 0.758. The van der Waals surface area contributed by atoms with Gasteiger partial charge in [0, 0.05) is 0 Å². The second-order valence-corrected chi connectivity index (χ2v) is 3.06. The molecule has 10 heavy (non-hydrogen) atoms. The molecule has 54 valence electrons. The van der Waals surface area contributed by atoms with Gasteiger partial charge in [-0.25, -0.2) is 0 Å². The molecule has 1 unspecified atom stereocenters. The Balaban J connectivity index is 2.80. The monoisotopic (exact) mass is 154 g/mol. The van der Waals surface area contributed by atoms with Gasteiger partial charge in [0.15, 0.2) is 0 Å². The molecule has 0 radical (unpaired) electrons. The number of ether oxygens (including phenoxy) is 1. The Labute approximate surface area is 63.2 Å². The number of hydrogen-bond acceptors (Lipinski definition) is 1. The molecular formula is C8H11OP. The van der Waals surface area contributed by atoms with E-state index in [0.29, 0.717) is 0 Å². The van der Waals surface area contributed by atoms with Gasteiger partial charge < -0.3 is 4.74 Å². The zero-order valence-electron chi connectivity index (χ0n) is 6.22. The minimum atomic E-state index is 0.872. The quantitative estimate of drug-likeness (QED) is 0.588. The van der Waals surface area contributed by atoms with Crippen LogP contribution in [0.4, 0.5) is 0 Å². The third-order valence-electron chi connectivity index (χ3n) is 1.38. The Morgan fingerprint density at radius 3 is 2.20 bits per heavy atom. The molecule has 0 aromatic heterocycles. The van der Waals surface area contributed by atoms with Crippen LogP contribution in [0.25, 0.3) is 0 Å². The lowest BCUT2D eigenvalue weighted by atomic mass is 10.3. The van der Waals surface area contributed by atoms with Crippen molar-refractivity contribution in [2.45, 2.75) is 0 Å². The van der Waals surface area contributed by atoms with Crippen molar-refractivity contribution in [1.29, 1.82) is 0 Å². The van der Waals surface area contributed by atoms with Crippen LogP contribution in [-0.4, -0.2) is 13.8 Å². The molecule has 0 aliphatic rings. The lowest BCUT2D eigenvalue weighted by Gasteiger charge is -1.99. The Hall–Kier alpha value is -0.550. The van der Waals surface area contributed by atoms with Crippen molar-refractivity contribution in [2.75, 3.05) is 13.8 Å². The van der Waals surface area contributed by atoms with E-state index in [0.717, 1.165) is 14.3 Å². The Morgan fingerprint density at radius 1 is 1.20 bits per heavy atom. The summed E-state index contributed by atoms with van der Waals surface area (Å²) in [5.41, 5.74) is 0. The maximum absolute atomic E-state index is 5.02. The Kier molecular flexibility index (Phi) is 2.70. The van der Waals surface area contributed by atoms with Crippen molar-refractivity contribution < 1.29 is 4.74 Å². The van der Waals surface area contributed by atoms with Gasteiger partial charge in [0.1, 0.15) is 5.75 Å². The summed E-state index contributed by atoms with van der Waals surface area (Å²) in [5, 5.41) is 1.38. The van der Waals surface area contributed by atoms with Crippen molar-refractivity contribution in [2.24, 2.45) is 0 Å². The van der Waals surface area contributed by atoms with Crippen LogP contribution in [0.3, 0.4) is 0 Å². The zero-order valence-corrected chi connectivity index (χ0v) is 7.22. The van der Waals surface area contributed by atoms with E-state index in [-0.39, 0.29) is 0 Å². The van der Waals surface area contributed by atoms with Crippen LogP contribution < -0.4 is 10.0 Å². The maximum atomic E-state index is 5.02. The molecule has 0 heterocycles. The van der Waals surface area contributed by atoms with Gasteiger partial charge in [0.05, 0.1) is 7.11 Å². The molecule has 0 aliphatic carbocycles. The van der Waals surface area contributed by atoms with E-state index in [4.69, 9.17) is 4.74 Å². The molecule has 0 aliphatic heterocycles. The van der Waals surface area contributed by atoms with Gasteiger partial charge >= 0.3 is 0 Å². The van der Waals surface area contributed by atoms with Gasteiger partial charge in [0.25, 0.3) is 0 Å². The fourth-order valence-corrected chi connectivity index (χ4v) is 1.26. The third kappa shape index (κ3) is 1.71. The van der Waals surface area contributed by atoms with Crippen molar-refractivity contribution in [3.8, 4) is 5.75 Å². The van der Waals surface area contributed by atoms with Crippen LogP contribution in [0.15, 0.2) is 24.3 Å². The molecule has 0 bridgehead atoms. The predicted octanol–water partition coefficient (Wildman–Crippen LogP) is 1.63.